The minimum Gasteiger partial charge on any atom is -0.478 e. The molecule has 0 aromatic heterocycles. The number of aliphatic carboxylic acids is 1. The fourth-order valence-electron chi connectivity index (χ4n) is 0.409. The van der Waals surface area contributed by atoms with E-state index in [9.17, 15) is 9.59 Å². The number of carbonyl (C=O) groups is 2. The molecular formula is C12H18O4. The Balaban J connectivity index is 0. The predicted molar refractivity (Wildman–Crippen MR) is 63.0 cm³/mol. The first kappa shape index (κ1) is 16.6. The van der Waals surface area contributed by atoms with Gasteiger partial charge in [-0.1, -0.05) is 32.7 Å². The summed E-state index contributed by atoms with van der Waals surface area (Å²) < 4.78 is 4.60. The van der Waals surface area contributed by atoms with Gasteiger partial charge in [-0.3, -0.25) is 0 Å². The lowest BCUT2D eigenvalue weighted by atomic mass is 10.2. The molecule has 0 aliphatic rings. The van der Waals surface area contributed by atoms with E-state index in [1.165, 1.54) is 6.08 Å². The van der Waals surface area contributed by atoms with E-state index in [0.717, 1.165) is 0 Å². The van der Waals surface area contributed by atoms with E-state index in [1.54, 1.807) is 13.8 Å². The minimum absolute atomic E-state index is 0.256. The van der Waals surface area contributed by atoms with E-state index in [4.69, 9.17) is 5.11 Å². The molecule has 16 heavy (non-hydrogen) atoms. The van der Waals surface area contributed by atoms with Gasteiger partial charge in [0.05, 0.1) is 0 Å². The van der Waals surface area contributed by atoms with Crippen LogP contribution in [-0.4, -0.2) is 23.7 Å². The van der Waals surface area contributed by atoms with Gasteiger partial charge in [-0.2, -0.15) is 0 Å². The van der Waals surface area contributed by atoms with E-state index in [1.807, 2.05) is 0 Å². The Hall–Kier alpha value is -1.84. The lowest BCUT2D eigenvalue weighted by Gasteiger charge is -1.97. The van der Waals surface area contributed by atoms with Gasteiger partial charge in [-0.05, 0) is 13.3 Å². The lowest BCUT2D eigenvalue weighted by molar-refractivity contribution is -0.137. The largest absolute Gasteiger partial charge is 0.478 e. The summed E-state index contributed by atoms with van der Waals surface area (Å²) in [6, 6.07) is 0. The molecule has 0 radical (unpaired) electrons. The highest BCUT2D eigenvalue weighted by molar-refractivity contribution is 5.87. The van der Waals surface area contributed by atoms with E-state index < -0.39 is 5.97 Å². The minimum atomic E-state index is -0.900. The summed E-state index contributed by atoms with van der Waals surface area (Å²) in [6.45, 7) is 13.7. The highest BCUT2D eigenvalue weighted by Gasteiger charge is 1.98. The number of hydrogen-bond donors (Lipinski definition) is 1. The zero-order chi connectivity index (χ0) is 13.1. The molecule has 0 aromatic carbocycles. The normalized spacial score (nSPS) is 8.12. The number of carboxylic acids is 1. The van der Waals surface area contributed by atoms with Gasteiger partial charge in [-0.15, -0.1) is 0 Å². The van der Waals surface area contributed by atoms with Gasteiger partial charge in [0.1, 0.15) is 6.61 Å². The smallest absolute Gasteiger partial charge is 0.333 e. The van der Waals surface area contributed by atoms with Crippen LogP contribution in [0.1, 0.15) is 20.3 Å². The molecule has 4 nitrogen and oxygen atoms in total. The van der Waals surface area contributed by atoms with Gasteiger partial charge >= 0.3 is 11.9 Å². The molecule has 0 fully saturated rings. The van der Waals surface area contributed by atoms with Crippen LogP contribution in [0.25, 0.3) is 0 Å². The van der Waals surface area contributed by atoms with E-state index in [-0.39, 0.29) is 18.1 Å². The lowest BCUT2D eigenvalue weighted by Crippen LogP contribution is -2.03. The summed E-state index contributed by atoms with van der Waals surface area (Å²) in [5.74, 6) is -1.27. The van der Waals surface area contributed by atoms with Crippen molar-refractivity contribution < 1.29 is 19.4 Å². The fraction of sp³-hybridized carbons (Fsp3) is 0.333. The van der Waals surface area contributed by atoms with Gasteiger partial charge in [-0.25, -0.2) is 9.59 Å². The molecule has 0 heterocycles. The Morgan fingerprint density at radius 3 is 2.06 bits per heavy atom. The molecule has 0 atom stereocenters. The number of carbonyl (C=O) groups excluding carboxylic acids is 1. The molecule has 90 valence electrons. The summed E-state index contributed by atoms with van der Waals surface area (Å²) in [5, 5.41) is 8.08. The molecule has 0 amide bonds. The Morgan fingerprint density at radius 1 is 1.38 bits per heavy atom. The first-order valence-electron chi connectivity index (χ1n) is 4.71. The molecule has 0 spiro atoms. The summed E-state index contributed by atoms with van der Waals surface area (Å²) in [7, 11) is 0. The number of rotatable bonds is 5. The van der Waals surface area contributed by atoms with E-state index >= 15 is 0 Å². The molecule has 0 saturated carbocycles. The zero-order valence-electron chi connectivity index (χ0n) is 9.78. The first-order valence-corrected chi connectivity index (χ1v) is 4.71. The molecule has 1 N–H and O–H groups in total. The van der Waals surface area contributed by atoms with Crippen LogP contribution in [0.4, 0.5) is 0 Å². The summed E-state index contributed by atoms with van der Waals surface area (Å²) in [4.78, 5) is 20.4. The van der Waals surface area contributed by atoms with Crippen LogP contribution >= 0.6 is 0 Å². The highest BCUT2D eigenvalue weighted by atomic mass is 16.5. The van der Waals surface area contributed by atoms with Gasteiger partial charge in [0.15, 0.2) is 0 Å². The molecule has 0 aromatic rings. The second kappa shape index (κ2) is 9.71. The van der Waals surface area contributed by atoms with Crippen LogP contribution < -0.4 is 0 Å². The monoisotopic (exact) mass is 226 g/mol. The average Bonchev–Trinajstić information content (AvgIpc) is 2.25. The van der Waals surface area contributed by atoms with Gasteiger partial charge in [0.2, 0.25) is 0 Å². The molecule has 0 rings (SSSR count). The maximum absolute atomic E-state index is 10.5. The third kappa shape index (κ3) is 10.2. The third-order valence-electron chi connectivity index (χ3n) is 1.41. The van der Waals surface area contributed by atoms with Crippen molar-refractivity contribution in [2.75, 3.05) is 6.61 Å². The van der Waals surface area contributed by atoms with Crippen LogP contribution in [-0.2, 0) is 14.3 Å². The Bertz CT molecular complexity index is 289. The molecule has 0 saturated heterocycles. The van der Waals surface area contributed by atoms with Gasteiger partial charge in [0.25, 0.3) is 0 Å². The second-order valence-corrected chi connectivity index (χ2v) is 2.93. The molecule has 0 aliphatic heterocycles. The maximum Gasteiger partial charge on any atom is 0.333 e. The summed E-state index contributed by atoms with van der Waals surface area (Å²) in [6.07, 6.45) is 2.04. The van der Waals surface area contributed by atoms with Gasteiger partial charge < -0.3 is 9.84 Å². The standard InChI is InChI=1S/C7H10O2.C5H8O2/c1-4-5-9-7(8)6(2)3;1-3-4(2)5(6)7/h4H,1-2,5H2,3H3;2-3H2,1H3,(H,6,7). The van der Waals surface area contributed by atoms with Crippen LogP contribution in [0.15, 0.2) is 37.0 Å². The second-order valence-electron chi connectivity index (χ2n) is 2.93. The highest BCUT2D eigenvalue weighted by Crippen LogP contribution is 1.93. The first-order chi connectivity index (χ1) is 7.36. The van der Waals surface area contributed by atoms with Crippen molar-refractivity contribution in [3.8, 4) is 0 Å². The van der Waals surface area contributed by atoms with Crippen molar-refractivity contribution in [1.29, 1.82) is 0 Å². The van der Waals surface area contributed by atoms with Crippen molar-refractivity contribution in [1.82, 2.24) is 0 Å². The Morgan fingerprint density at radius 2 is 1.88 bits per heavy atom. The third-order valence-corrected chi connectivity index (χ3v) is 1.41. The number of esters is 1. The fourth-order valence-corrected chi connectivity index (χ4v) is 0.409. The maximum atomic E-state index is 10.5. The number of carboxylic acid groups (broad SMARTS) is 1. The molecule has 0 unspecified atom stereocenters. The van der Waals surface area contributed by atoms with E-state index in [2.05, 4.69) is 24.5 Å². The number of hydrogen-bond acceptors (Lipinski definition) is 3. The summed E-state index contributed by atoms with van der Waals surface area (Å²) in [5.41, 5.74) is 0.678. The average molecular weight is 226 g/mol. The van der Waals surface area contributed by atoms with Gasteiger partial charge in [0, 0.05) is 11.1 Å². The van der Waals surface area contributed by atoms with Crippen molar-refractivity contribution in [3.05, 3.63) is 37.0 Å². The van der Waals surface area contributed by atoms with Crippen molar-refractivity contribution in [2.45, 2.75) is 20.3 Å². The van der Waals surface area contributed by atoms with Crippen LogP contribution in [0.3, 0.4) is 0 Å². The van der Waals surface area contributed by atoms with Crippen molar-refractivity contribution in [2.24, 2.45) is 0 Å². The van der Waals surface area contributed by atoms with Crippen LogP contribution in [0.2, 0.25) is 0 Å². The van der Waals surface area contributed by atoms with E-state index in [0.29, 0.717) is 12.0 Å². The number of ether oxygens (including phenoxy) is 1. The quantitative estimate of drug-likeness (QED) is 0.444. The molecule has 4 heteroatoms. The van der Waals surface area contributed by atoms with Crippen LogP contribution in [0, 0.1) is 0 Å². The van der Waals surface area contributed by atoms with Crippen molar-refractivity contribution in [3.63, 3.8) is 0 Å². The topological polar surface area (TPSA) is 63.6 Å². The predicted octanol–water partition coefficient (Wildman–Crippen LogP) is 2.33. The molecular weight excluding hydrogens is 208 g/mol. The van der Waals surface area contributed by atoms with Crippen molar-refractivity contribution >= 4 is 11.9 Å². The Labute approximate surface area is 95.9 Å². The Kier molecular flexibility index (Phi) is 10.1. The molecule has 0 aliphatic carbocycles. The molecule has 0 bridgehead atoms. The summed E-state index contributed by atoms with van der Waals surface area (Å²) >= 11 is 0. The zero-order valence-corrected chi connectivity index (χ0v) is 9.78. The van der Waals surface area contributed by atoms with Crippen LogP contribution in [0.5, 0.6) is 0 Å². The SMILES string of the molecule is C=C(CC)C(=O)O.C=CCOC(=O)C(=C)C.